The first-order valence-corrected chi connectivity index (χ1v) is 11.1. The summed E-state index contributed by atoms with van der Waals surface area (Å²) < 4.78 is 16.8. The summed E-state index contributed by atoms with van der Waals surface area (Å²) in [5.74, 6) is -0.607. The van der Waals surface area contributed by atoms with Gasteiger partial charge in [-0.15, -0.1) is 0 Å². The zero-order chi connectivity index (χ0) is 21.8. The molecule has 3 heterocycles. The Hall–Kier alpha value is -1.20. The van der Waals surface area contributed by atoms with E-state index in [9.17, 15) is 15.0 Å². The summed E-state index contributed by atoms with van der Waals surface area (Å²) in [6.07, 6.45) is 0.294. The molecule has 0 spiro atoms. The Morgan fingerprint density at radius 3 is 1.72 bits per heavy atom. The average molecular weight is 424 g/mol. The monoisotopic (exact) mass is 424 g/mol. The quantitative estimate of drug-likeness (QED) is 0.668. The van der Waals surface area contributed by atoms with Crippen LogP contribution >= 0.6 is 8.60 Å². The predicted octanol–water partition coefficient (Wildman–Crippen LogP) is 4.91. The van der Waals surface area contributed by atoms with Gasteiger partial charge in [0, 0.05) is 0 Å². The number of phenolic OH excluding ortho intramolecular Hbond substituents is 1. The number of benzene rings is 1. The lowest BCUT2D eigenvalue weighted by atomic mass is 9.62. The van der Waals surface area contributed by atoms with E-state index in [-0.39, 0.29) is 10.8 Å². The third-order valence-electron chi connectivity index (χ3n) is 6.32. The Labute approximate surface area is 174 Å². The standard InChI is InChI=1S/C22H33O6P/c1-19(2,3)15-8-14(9-16(17(15)23)20(4,5)6)10-21(7,18(24)25)22-11-26-29(27-12-22)28-13-22/h8-9,23H,10-13H2,1-7H3,(H,24,25). The maximum atomic E-state index is 12.5. The molecule has 1 unspecified atom stereocenters. The first-order valence-electron chi connectivity index (χ1n) is 9.99. The molecule has 162 valence electrons. The zero-order valence-electron chi connectivity index (χ0n) is 18.5. The molecule has 0 aliphatic carbocycles. The normalized spacial score (nSPS) is 26.9. The summed E-state index contributed by atoms with van der Waals surface area (Å²) in [7, 11) is -1.33. The number of fused-ring (bicyclic) bond motifs is 3. The van der Waals surface area contributed by atoms with Crippen LogP contribution in [0, 0.1) is 10.8 Å². The van der Waals surface area contributed by atoms with Crippen molar-refractivity contribution in [3.05, 3.63) is 28.8 Å². The number of carboxylic acids is 1. The minimum Gasteiger partial charge on any atom is -0.507 e. The Morgan fingerprint density at radius 1 is 0.966 bits per heavy atom. The van der Waals surface area contributed by atoms with Crippen molar-refractivity contribution in [3.63, 3.8) is 0 Å². The molecule has 2 bridgehead atoms. The van der Waals surface area contributed by atoms with Crippen LogP contribution in [0.1, 0.15) is 65.2 Å². The topological polar surface area (TPSA) is 85.2 Å². The van der Waals surface area contributed by atoms with E-state index in [1.165, 1.54) is 0 Å². The number of aromatic hydroxyl groups is 1. The molecular weight excluding hydrogens is 391 g/mol. The van der Waals surface area contributed by atoms with Crippen LogP contribution < -0.4 is 0 Å². The number of aliphatic carboxylic acids is 1. The van der Waals surface area contributed by atoms with Gasteiger partial charge in [0.1, 0.15) is 5.75 Å². The fourth-order valence-corrected chi connectivity index (χ4v) is 5.36. The van der Waals surface area contributed by atoms with Crippen LogP contribution in [0.25, 0.3) is 0 Å². The van der Waals surface area contributed by atoms with Gasteiger partial charge in [-0.2, -0.15) is 0 Å². The fraction of sp³-hybridized carbons (Fsp3) is 0.682. The van der Waals surface area contributed by atoms with E-state index in [0.29, 0.717) is 32.0 Å². The van der Waals surface area contributed by atoms with Gasteiger partial charge < -0.3 is 23.8 Å². The molecule has 0 saturated carbocycles. The Bertz CT molecular complexity index is 750. The molecular formula is C22H33O6P. The van der Waals surface area contributed by atoms with Crippen molar-refractivity contribution < 1.29 is 28.6 Å². The molecule has 3 aliphatic rings. The van der Waals surface area contributed by atoms with Crippen LogP contribution in [0.15, 0.2) is 12.1 Å². The lowest BCUT2D eigenvalue weighted by molar-refractivity contribution is -0.180. The lowest BCUT2D eigenvalue weighted by Crippen LogP contribution is -2.58. The summed E-state index contributed by atoms with van der Waals surface area (Å²) in [5, 5.41) is 21.2. The van der Waals surface area contributed by atoms with E-state index in [0.717, 1.165) is 16.7 Å². The van der Waals surface area contributed by atoms with Crippen LogP contribution in [-0.2, 0) is 35.6 Å². The van der Waals surface area contributed by atoms with Crippen LogP contribution in [-0.4, -0.2) is 36.0 Å². The molecule has 29 heavy (non-hydrogen) atoms. The van der Waals surface area contributed by atoms with Gasteiger partial charge in [0.25, 0.3) is 0 Å². The first kappa shape index (κ1) is 22.5. The summed E-state index contributed by atoms with van der Waals surface area (Å²) in [5.41, 5.74) is 0.0792. The second-order valence-corrected chi connectivity index (χ2v) is 11.9. The van der Waals surface area contributed by atoms with Crippen molar-refractivity contribution >= 4 is 14.6 Å². The van der Waals surface area contributed by atoms with E-state index in [1.807, 2.05) is 53.7 Å². The highest BCUT2D eigenvalue weighted by molar-refractivity contribution is 7.41. The van der Waals surface area contributed by atoms with E-state index in [1.54, 1.807) is 6.92 Å². The highest BCUT2D eigenvalue weighted by Crippen LogP contribution is 2.59. The molecule has 2 N–H and O–H groups in total. The molecule has 0 aromatic heterocycles. The van der Waals surface area contributed by atoms with E-state index in [4.69, 9.17) is 13.6 Å². The molecule has 4 rings (SSSR count). The van der Waals surface area contributed by atoms with Crippen LogP contribution in [0.3, 0.4) is 0 Å². The van der Waals surface area contributed by atoms with E-state index in [2.05, 4.69) is 0 Å². The fourth-order valence-electron chi connectivity index (χ4n) is 4.08. The third kappa shape index (κ3) is 3.93. The summed E-state index contributed by atoms with van der Waals surface area (Å²) in [6.45, 7) is 15.0. The first-order chi connectivity index (χ1) is 13.2. The highest BCUT2D eigenvalue weighted by atomic mass is 31.2. The zero-order valence-corrected chi connectivity index (χ0v) is 19.4. The molecule has 3 fully saturated rings. The smallest absolute Gasteiger partial charge is 0.332 e. The second kappa shape index (κ2) is 7.19. The molecule has 7 heteroatoms. The molecule has 1 aromatic rings. The number of carbonyl (C=O) groups is 1. The molecule has 1 aromatic carbocycles. The van der Waals surface area contributed by atoms with Gasteiger partial charge in [-0.1, -0.05) is 53.7 Å². The van der Waals surface area contributed by atoms with Gasteiger partial charge >= 0.3 is 14.6 Å². The highest BCUT2D eigenvalue weighted by Gasteiger charge is 2.59. The molecule has 6 nitrogen and oxygen atoms in total. The SMILES string of the molecule is CC(C)(C)c1cc(CC(C)(C(=O)O)C23COP(OC2)OC3)cc(C(C)(C)C)c1O. The van der Waals surface area contributed by atoms with Gasteiger partial charge in [-0.05, 0) is 40.9 Å². The molecule has 3 aliphatic heterocycles. The Morgan fingerprint density at radius 2 is 1.38 bits per heavy atom. The van der Waals surface area contributed by atoms with Crippen molar-refractivity contribution in [2.45, 2.75) is 65.7 Å². The van der Waals surface area contributed by atoms with Crippen LogP contribution in [0.2, 0.25) is 0 Å². The lowest BCUT2D eigenvalue weighted by Gasteiger charge is -2.52. The summed E-state index contributed by atoms with van der Waals surface area (Å²) in [4.78, 5) is 12.5. The van der Waals surface area contributed by atoms with Gasteiger partial charge in [-0.3, -0.25) is 4.79 Å². The largest absolute Gasteiger partial charge is 0.507 e. The molecule has 3 saturated heterocycles. The molecule has 0 radical (unpaired) electrons. The van der Waals surface area contributed by atoms with Crippen molar-refractivity contribution in [3.8, 4) is 5.75 Å². The minimum atomic E-state index is -1.33. The van der Waals surface area contributed by atoms with Gasteiger partial charge in [0.05, 0.1) is 30.7 Å². The van der Waals surface area contributed by atoms with Crippen molar-refractivity contribution in [2.24, 2.45) is 10.8 Å². The third-order valence-corrected chi connectivity index (χ3v) is 7.34. The Balaban J connectivity index is 2.10. The van der Waals surface area contributed by atoms with Gasteiger partial charge in [0.15, 0.2) is 0 Å². The number of hydrogen-bond acceptors (Lipinski definition) is 5. The van der Waals surface area contributed by atoms with Crippen molar-refractivity contribution in [1.29, 1.82) is 0 Å². The molecule has 0 amide bonds. The number of carboxylic acid groups (broad SMARTS) is 1. The van der Waals surface area contributed by atoms with Crippen molar-refractivity contribution in [2.75, 3.05) is 19.8 Å². The van der Waals surface area contributed by atoms with Crippen molar-refractivity contribution in [1.82, 2.24) is 0 Å². The average Bonchev–Trinajstić information content (AvgIpc) is 2.62. The van der Waals surface area contributed by atoms with Gasteiger partial charge in [-0.25, -0.2) is 0 Å². The van der Waals surface area contributed by atoms with Crippen LogP contribution in [0.4, 0.5) is 0 Å². The number of rotatable bonds is 4. The maximum absolute atomic E-state index is 12.5. The number of phenols is 1. The predicted molar refractivity (Wildman–Crippen MR) is 112 cm³/mol. The maximum Gasteiger partial charge on any atom is 0.332 e. The number of hydrogen-bond donors (Lipinski definition) is 2. The summed E-state index contributed by atoms with van der Waals surface area (Å²) >= 11 is 0. The van der Waals surface area contributed by atoms with E-state index < -0.39 is 25.4 Å². The van der Waals surface area contributed by atoms with Gasteiger partial charge in [0.2, 0.25) is 0 Å². The van der Waals surface area contributed by atoms with Crippen LogP contribution in [0.5, 0.6) is 5.75 Å². The van der Waals surface area contributed by atoms with E-state index >= 15 is 0 Å². The second-order valence-electron chi connectivity index (χ2n) is 10.7. The Kier molecular flexibility index (Phi) is 5.58. The minimum absolute atomic E-state index is 0.279. The summed E-state index contributed by atoms with van der Waals surface area (Å²) in [6, 6.07) is 3.90. The molecule has 1 atom stereocenters.